The number of benzene rings is 4. The van der Waals surface area contributed by atoms with Crippen molar-refractivity contribution < 1.29 is 14.5 Å². The molecule has 0 atom stereocenters. The number of aliphatic hydroxyl groups is 1. The molecule has 7 rings (SSSR count). The Morgan fingerprint density at radius 3 is 2.07 bits per heavy atom. The van der Waals surface area contributed by atoms with Crippen molar-refractivity contribution in [3.63, 3.8) is 0 Å². The molecule has 1 aliphatic carbocycles. The molecule has 4 aromatic carbocycles. The van der Waals surface area contributed by atoms with Crippen molar-refractivity contribution >= 4 is 44.4 Å². The van der Waals surface area contributed by atoms with E-state index >= 15 is 0 Å². The molecule has 3 aliphatic rings. The third kappa shape index (κ3) is 4.27. The van der Waals surface area contributed by atoms with Crippen LogP contribution in [0.3, 0.4) is 0 Å². The van der Waals surface area contributed by atoms with Crippen LogP contribution < -0.4 is 4.90 Å². The van der Waals surface area contributed by atoms with Crippen LogP contribution in [0.15, 0.2) is 133 Å². The summed E-state index contributed by atoms with van der Waals surface area (Å²) in [7, 11) is 0. The SMILES string of the molecule is C=CCCN1C(=CC2=C(O)C(=CC3=[N+](CCC=C)c4ccc5ccccc5c4C3(C)C)C2=O)C(C)(C)c2c1ccc1ccccc21. The average molecular weight is 606 g/mol. The highest BCUT2D eigenvalue weighted by molar-refractivity contribution is 6.24. The number of Topliss-reactive ketones (excluding diaryl/α,β-unsaturated/α-hetero) is 1. The molecule has 0 saturated carbocycles. The first-order valence-electron chi connectivity index (χ1n) is 16.2. The quantitative estimate of drug-likeness (QED) is 0.124. The van der Waals surface area contributed by atoms with Crippen molar-refractivity contribution in [2.45, 2.75) is 51.4 Å². The molecule has 0 spiro atoms. The van der Waals surface area contributed by atoms with Crippen LogP contribution in [0.5, 0.6) is 0 Å². The van der Waals surface area contributed by atoms with Crippen LogP contribution in [0.2, 0.25) is 0 Å². The van der Waals surface area contributed by atoms with Gasteiger partial charge in [0.2, 0.25) is 11.5 Å². The number of hydrogen-bond donors (Lipinski definition) is 1. The van der Waals surface area contributed by atoms with Crippen molar-refractivity contribution in [3.8, 4) is 0 Å². The first-order chi connectivity index (χ1) is 22.1. The molecule has 2 aliphatic heterocycles. The van der Waals surface area contributed by atoms with Crippen LogP contribution in [0.1, 0.15) is 51.7 Å². The molecule has 2 heterocycles. The van der Waals surface area contributed by atoms with Gasteiger partial charge in [0, 0.05) is 47.5 Å². The van der Waals surface area contributed by atoms with E-state index in [2.05, 4.69) is 123 Å². The summed E-state index contributed by atoms with van der Waals surface area (Å²) in [4.78, 5) is 16.3. The van der Waals surface area contributed by atoms with E-state index in [4.69, 9.17) is 0 Å². The zero-order chi connectivity index (χ0) is 32.4. The number of allylic oxidation sites excluding steroid dienone is 5. The number of hydrogen-bond acceptors (Lipinski definition) is 3. The molecule has 0 amide bonds. The molecule has 0 bridgehead atoms. The van der Waals surface area contributed by atoms with Gasteiger partial charge in [-0.2, -0.15) is 4.58 Å². The first-order valence-corrected chi connectivity index (χ1v) is 16.2. The fraction of sp³-hybridized carbons (Fsp3) is 0.238. The lowest BCUT2D eigenvalue weighted by molar-refractivity contribution is -0.436. The molecular formula is C42H41N2O2+. The maximum atomic E-state index is 14.0. The number of nitrogens with zero attached hydrogens (tertiary/aromatic N) is 2. The Labute approximate surface area is 271 Å². The summed E-state index contributed by atoms with van der Waals surface area (Å²) >= 11 is 0. The third-order valence-corrected chi connectivity index (χ3v) is 10.2. The third-order valence-electron chi connectivity index (χ3n) is 10.2. The highest BCUT2D eigenvalue weighted by Gasteiger charge is 2.48. The summed E-state index contributed by atoms with van der Waals surface area (Å²) in [6, 6.07) is 25.6. The standard InChI is InChI=1S/C42H40N2O2/c1-7-9-23-43-33-21-19-27-15-11-13-17-29(27)37(33)41(3,4)35(43)25-31-39(45)32(40(31)46)26-36-42(5,6)38-30-18-14-12-16-28(30)20-22-34(38)44(36)24-10-8-2/h7-8,11-22,25-26H,1-2,9-10,23-24H2,3-6H3/p+1. The maximum absolute atomic E-state index is 14.0. The van der Waals surface area contributed by atoms with Crippen molar-refractivity contribution in [2.75, 3.05) is 18.0 Å². The molecule has 0 aromatic heterocycles. The topological polar surface area (TPSA) is 43.5 Å². The molecule has 4 aromatic rings. The van der Waals surface area contributed by atoms with Gasteiger partial charge >= 0.3 is 0 Å². The zero-order valence-electron chi connectivity index (χ0n) is 27.2. The largest absolute Gasteiger partial charge is 0.506 e. The van der Waals surface area contributed by atoms with Gasteiger partial charge in [0.1, 0.15) is 5.76 Å². The number of carbonyl (C=O) groups excluding carboxylic acids is 1. The molecule has 4 nitrogen and oxygen atoms in total. The predicted octanol–water partition coefficient (Wildman–Crippen LogP) is 9.52. The molecule has 4 heteroatoms. The molecule has 1 N–H and O–H groups in total. The van der Waals surface area contributed by atoms with Crippen molar-refractivity contribution in [2.24, 2.45) is 0 Å². The molecule has 0 fully saturated rings. The lowest BCUT2D eigenvalue weighted by Crippen LogP contribution is -2.32. The van der Waals surface area contributed by atoms with Crippen LogP contribution in [0.4, 0.5) is 11.4 Å². The minimum Gasteiger partial charge on any atom is -0.506 e. The summed E-state index contributed by atoms with van der Waals surface area (Å²) in [6.07, 6.45) is 9.30. The molecule has 0 radical (unpaired) electrons. The monoisotopic (exact) mass is 605 g/mol. The second-order valence-electron chi connectivity index (χ2n) is 13.6. The van der Waals surface area contributed by atoms with Crippen LogP contribution in [-0.4, -0.2) is 34.3 Å². The number of anilines is 1. The van der Waals surface area contributed by atoms with Crippen LogP contribution in [0.25, 0.3) is 21.5 Å². The van der Waals surface area contributed by atoms with E-state index in [1.54, 1.807) is 0 Å². The van der Waals surface area contributed by atoms with Crippen LogP contribution in [-0.2, 0) is 15.6 Å². The maximum Gasteiger partial charge on any atom is 0.210 e. The number of carbonyl (C=O) groups is 1. The van der Waals surface area contributed by atoms with E-state index in [1.165, 1.54) is 32.7 Å². The summed E-state index contributed by atoms with van der Waals surface area (Å²) in [5.41, 5.74) is 6.78. The second-order valence-corrected chi connectivity index (χ2v) is 13.6. The van der Waals surface area contributed by atoms with Crippen molar-refractivity contribution in [1.82, 2.24) is 0 Å². The number of ketones is 1. The van der Waals surface area contributed by atoms with Crippen molar-refractivity contribution in [1.29, 1.82) is 0 Å². The molecular weight excluding hydrogens is 564 g/mol. The van der Waals surface area contributed by atoms with Crippen molar-refractivity contribution in [3.05, 3.63) is 144 Å². The summed E-state index contributed by atoms with van der Waals surface area (Å²) in [6.45, 7) is 18.3. The summed E-state index contributed by atoms with van der Waals surface area (Å²) < 4.78 is 2.30. The summed E-state index contributed by atoms with van der Waals surface area (Å²) in [5.74, 6) is -0.0661. The highest BCUT2D eigenvalue weighted by atomic mass is 16.3. The normalized spacial score (nSPS) is 19.7. The minimum absolute atomic E-state index is 0.0607. The van der Waals surface area contributed by atoms with Gasteiger partial charge in [-0.25, -0.2) is 0 Å². The minimum atomic E-state index is -0.378. The fourth-order valence-corrected chi connectivity index (χ4v) is 7.90. The predicted molar refractivity (Wildman–Crippen MR) is 192 cm³/mol. The first kappa shape index (κ1) is 29.7. The van der Waals surface area contributed by atoms with Gasteiger partial charge in [0.05, 0.1) is 16.6 Å². The molecule has 0 unspecified atom stereocenters. The zero-order valence-corrected chi connectivity index (χ0v) is 27.2. The van der Waals surface area contributed by atoms with E-state index in [-0.39, 0.29) is 22.4 Å². The Kier molecular flexibility index (Phi) is 7.01. The molecule has 0 saturated heterocycles. The van der Waals surface area contributed by atoms with Gasteiger partial charge in [0.25, 0.3) is 0 Å². The number of rotatable bonds is 8. The average Bonchev–Trinajstić information content (AvgIpc) is 3.41. The lowest BCUT2D eigenvalue weighted by Gasteiger charge is -2.29. The molecule has 230 valence electrons. The smallest absolute Gasteiger partial charge is 0.210 e. The Bertz CT molecular complexity index is 2120. The summed E-state index contributed by atoms with van der Waals surface area (Å²) in [5, 5.41) is 16.4. The van der Waals surface area contributed by atoms with Gasteiger partial charge in [-0.1, -0.05) is 80.6 Å². The van der Waals surface area contributed by atoms with Gasteiger partial charge in [-0.15, -0.1) is 13.2 Å². The van der Waals surface area contributed by atoms with Crippen LogP contribution in [0, 0.1) is 0 Å². The van der Waals surface area contributed by atoms with Gasteiger partial charge in [0.15, 0.2) is 12.3 Å². The van der Waals surface area contributed by atoms with E-state index in [0.717, 1.165) is 48.7 Å². The van der Waals surface area contributed by atoms with Gasteiger partial charge in [-0.05, 0) is 65.6 Å². The Morgan fingerprint density at radius 2 is 1.41 bits per heavy atom. The van der Waals surface area contributed by atoms with E-state index in [1.807, 2.05) is 24.3 Å². The Hall–Kier alpha value is -4.96. The molecule has 46 heavy (non-hydrogen) atoms. The van der Waals surface area contributed by atoms with E-state index in [9.17, 15) is 9.90 Å². The van der Waals surface area contributed by atoms with Gasteiger partial charge in [-0.3, -0.25) is 4.79 Å². The van der Waals surface area contributed by atoms with Gasteiger partial charge < -0.3 is 10.0 Å². The fourth-order valence-electron chi connectivity index (χ4n) is 7.90. The lowest BCUT2D eigenvalue weighted by atomic mass is 9.76. The van der Waals surface area contributed by atoms with E-state index < -0.39 is 0 Å². The van der Waals surface area contributed by atoms with E-state index in [0.29, 0.717) is 11.1 Å². The number of aliphatic hydroxyl groups excluding tert-OH is 1. The van der Waals surface area contributed by atoms with Crippen LogP contribution >= 0.6 is 0 Å². The highest BCUT2D eigenvalue weighted by Crippen LogP contribution is 2.52. The Balaban J connectivity index is 1.34. The second kappa shape index (κ2) is 10.8. The Morgan fingerprint density at radius 1 is 0.783 bits per heavy atom. The number of fused-ring (bicyclic) bond motifs is 6.